The average Bonchev–Trinajstić information content (AvgIpc) is 2.80. The molecule has 7 heteroatoms. The number of hydrogen-bond acceptors (Lipinski definition) is 4. The number of nitrogens with zero attached hydrogens (tertiary/aromatic N) is 2. The van der Waals surface area contributed by atoms with Gasteiger partial charge in [-0.1, -0.05) is 36.4 Å². The summed E-state index contributed by atoms with van der Waals surface area (Å²) < 4.78 is 5.69. The smallest absolute Gasteiger partial charge is 0.191 e. The fourth-order valence-electron chi connectivity index (χ4n) is 4.58. The summed E-state index contributed by atoms with van der Waals surface area (Å²) in [6, 6.07) is 11.4. The first kappa shape index (κ1) is 27.1. The van der Waals surface area contributed by atoms with Crippen LogP contribution in [-0.4, -0.2) is 68.4 Å². The number of guanidine groups is 1. The molecule has 2 fully saturated rings. The fraction of sp³-hybridized carbons (Fsp3) is 0.640. The highest BCUT2D eigenvalue weighted by Crippen LogP contribution is 2.26. The SMILES string of the molecule is C=CCN1CCC(NC(=NCC2(NC(C)c3ccccc3)CCOCC2)NCC)CC1.I. The molecule has 0 spiro atoms. The summed E-state index contributed by atoms with van der Waals surface area (Å²) in [6.07, 6.45) is 6.23. The van der Waals surface area contributed by atoms with Crippen LogP contribution in [0.15, 0.2) is 48.0 Å². The zero-order chi connectivity index (χ0) is 21.9. The molecule has 2 aliphatic heterocycles. The minimum atomic E-state index is -0.0385. The van der Waals surface area contributed by atoms with Gasteiger partial charge in [-0.15, -0.1) is 30.6 Å². The Labute approximate surface area is 211 Å². The van der Waals surface area contributed by atoms with Crippen LogP contribution in [0.4, 0.5) is 0 Å². The molecule has 180 valence electrons. The third kappa shape index (κ3) is 8.32. The van der Waals surface area contributed by atoms with E-state index in [1.165, 1.54) is 5.56 Å². The molecule has 3 N–H and O–H groups in total. The molecule has 1 aromatic carbocycles. The van der Waals surface area contributed by atoms with E-state index in [1.54, 1.807) is 0 Å². The highest BCUT2D eigenvalue weighted by molar-refractivity contribution is 14.0. The lowest BCUT2D eigenvalue weighted by Crippen LogP contribution is -2.54. The minimum absolute atomic E-state index is 0. The van der Waals surface area contributed by atoms with Gasteiger partial charge in [-0.25, -0.2) is 0 Å². The number of hydrogen-bond donors (Lipinski definition) is 3. The lowest BCUT2D eigenvalue weighted by molar-refractivity contribution is 0.0374. The maximum absolute atomic E-state index is 5.69. The van der Waals surface area contributed by atoms with Gasteiger partial charge in [0.2, 0.25) is 0 Å². The number of benzene rings is 1. The summed E-state index contributed by atoms with van der Waals surface area (Å²) in [5.41, 5.74) is 1.28. The minimum Gasteiger partial charge on any atom is -0.381 e. The van der Waals surface area contributed by atoms with Gasteiger partial charge in [0.1, 0.15) is 0 Å². The van der Waals surface area contributed by atoms with Crippen molar-refractivity contribution in [2.24, 2.45) is 4.99 Å². The van der Waals surface area contributed by atoms with Crippen molar-refractivity contribution >= 4 is 29.9 Å². The number of halogens is 1. The summed E-state index contributed by atoms with van der Waals surface area (Å²) in [5.74, 6) is 0.935. The molecular weight excluding hydrogens is 513 g/mol. The van der Waals surface area contributed by atoms with Gasteiger partial charge in [-0.3, -0.25) is 9.89 Å². The van der Waals surface area contributed by atoms with Crippen molar-refractivity contribution in [1.82, 2.24) is 20.9 Å². The molecule has 2 aliphatic rings. The van der Waals surface area contributed by atoms with Gasteiger partial charge in [0.15, 0.2) is 5.96 Å². The largest absolute Gasteiger partial charge is 0.381 e. The molecule has 0 amide bonds. The standard InChI is InChI=1S/C25H41N5O.HI/c1-4-15-30-16-11-23(12-17-30)28-24(26-5-2)27-20-25(13-18-31-19-14-25)29-21(3)22-9-7-6-8-10-22;/h4,6-10,21,23,29H,1,5,11-20H2,2-3H3,(H2,26,27,28);1H. The molecule has 1 aromatic rings. The van der Waals surface area contributed by atoms with Gasteiger partial charge in [0.05, 0.1) is 6.54 Å². The van der Waals surface area contributed by atoms with Crippen molar-refractivity contribution in [3.63, 3.8) is 0 Å². The third-order valence-corrected chi connectivity index (χ3v) is 6.47. The number of ether oxygens (including phenoxy) is 1. The molecule has 3 rings (SSSR count). The zero-order valence-corrected chi connectivity index (χ0v) is 22.1. The number of aliphatic imine (C=N–C) groups is 1. The maximum Gasteiger partial charge on any atom is 0.191 e. The monoisotopic (exact) mass is 555 g/mol. The molecule has 0 radical (unpaired) electrons. The van der Waals surface area contributed by atoms with Crippen LogP contribution in [0.2, 0.25) is 0 Å². The first-order chi connectivity index (χ1) is 15.1. The van der Waals surface area contributed by atoms with E-state index in [2.05, 4.69) is 71.6 Å². The molecule has 0 aromatic heterocycles. The predicted molar refractivity (Wildman–Crippen MR) is 145 cm³/mol. The van der Waals surface area contributed by atoms with Crippen LogP contribution < -0.4 is 16.0 Å². The highest BCUT2D eigenvalue weighted by atomic mass is 127. The number of rotatable bonds is 9. The summed E-state index contributed by atoms with van der Waals surface area (Å²) in [7, 11) is 0. The van der Waals surface area contributed by atoms with Crippen molar-refractivity contribution in [3.05, 3.63) is 48.6 Å². The highest BCUT2D eigenvalue weighted by Gasteiger charge is 2.34. The predicted octanol–water partition coefficient (Wildman–Crippen LogP) is 3.71. The summed E-state index contributed by atoms with van der Waals surface area (Å²) in [4.78, 5) is 7.51. The van der Waals surface area contributed by atoms with Crippen molar-refractivity contribution in [1.29, 1.82) is 0 Å². The Bertz CT molecular complexity index is 685. The van der Waals surface area contributed by atoms with Crippen molar-refractivity contribution in [2.75, 3.05) is 45.9 Å². The second kappa shape index (κ2) is 14.2. The Morgan fingerprint density at radius 2 is 1.94 bits per heavy atom. The second-order valence-electron chi connectivity index (χ2n) is 8.87. The Kier molecular flexibility index (Phi) is 12.0. The van der Waals surface area contributed by atoms with Gasteiger partial charge in [-0.05, 0) is 45.1 Å². The van der Waals surface area contributed by atoms with Gasteiger partial charge in [-0.2, -0.15) is 0 Å². The van der Waals surface area contributed by atoms with Crippen molar-refractivity contribution in [3.8, 4) is 0 Å². The maximum atomic E-state index is 5.69. The van der Waals surface area contributed by atoms with Gasteiger partial charge in [0.25, 0.3) is 0 Å². The topological polar surface area (TPSA) is 60.9 Å². The average molecular weight is 556 g/mol. The van der Waals surface area contributed by atoms with E-state index < -0.39 is 0 Å². The van der Waals surface area contributed by atoms with E-state index >= 15 is 0 Å². The Balaban J connectivity index is 0.00000363. The lowest BCUT2D eigenvalue weighted by atomic mass is 9.88. The van der Waals surface area contributed by atoms with E-state index in [0.29, 0.717) is 6.04 Å². The van der Waals surface area contributed by atoms with Crippen molar-refractivity contribution in [2.45, 2.75) is 57.2 Å². The van der Waals surface area contributed by atoms with Gasteiger partial charge >= 0.3 is 0 Å². The normalized spacial score (nSPS) is 20.8. The van der Waals surface area contributed by atoms with E-state index in [0.717, 1.165) is 77.6 Å². The summed E-state index contributed by atoms with van der Waals surface area (Å²) in [5, 5.41) is 11.1. The molecule has 2 heterocycles. The van der Waals surface area contributed by atoms with E-state index in [9.17, 15) is 0 Å². The molecule has 0 bridgehead atoms. The van der Waals surface area contributed by atoms with E-state index in [1.807, 2.05) is 6.08 Å². The second-order valence-corrected chi connectivity index (χ2v) is 8.87. The van der Waals surface area contributed by atoms with Crippen LogP contribution >= 0.6 is 24.0 Å². The van der Waals surface area contributed by atoms with Crippen LogP contribution in [0.25, 0.3) is 0 Å². The fourth-order valence-corrected chi connectivity index (χ4v) is 4.58. The quantitative estimate of drug-likeness (QED) is 0.188. The molecule has 6 nitrogen and oxygen atoms in total. The molecule has 0 saturated carbocycles. The zero-order valence-electron chi connectivity index (χ0n) is 19.8. The summed E-state index contributed by atoms with van der Waals surface area (Å²) in [6.45, 7) is 14.6. The summed E-state index contributed by atoms with van der Waals surface area (Å²) >= 11 is 0. The molecule has 0 aliphatic carbocycles. The third-order valence-electron chi connectivity index (χ3n) is 6.47. The van der Waals surface area contributed by atoms with Crippen LogP contribution in [0, 0.1) is 0 Å². The number of piperidine rings is 1. The molecular formula is C25H42IN5O. The van der Waals surface area contributed by atoms with Crippen molar-refractivity contribution < 1.29 is 4.74 Å². The lowest BCUT2D eigenvalue weighted by Gasteiger charge is -2.39. The first-order valence-corrected chi connectivity index (χ1v) is 11.9. The molecule has 1 atom stereocenters. The molecule has 2 saturated heterocycles. The van der Waals surface area contributed by atoms with E-state index in [-0.39, 0.29) is 35.6 Å². The Morgan fingerprint density at radius 1 is 1.25 bits per heavy atom. The van der Waals surface area contributed by atoms with Crippen LogP contribution in [0.3, 0.4) is 0 Å². The van der Waals surface area contributed by atoms with E-state index in [4.69, 9.17) is 9.73 Å². The van der Waals surface area contributed by atoms with Gasteiger partial charge in [0, 0.05) is 57.0 Å². The van der Waals surface area contributed by atoms with Gasteiger partial charge < -0.3 is 20.7 Å². The molecule has 1 unspecified atom stereocenters. The number of likely N-dealkylation sites (tertiary alicyclic amines) is 1. The van der Waals surface area contributed by atoms with Crippen LogP contribution in [-0.2, 0) is 4.74 Å². The molecule has 32 heavy (non-hydrogen) atoms. The van der Waals surface area contributed by atoms with Crippen LogP contribution in [0.5, 0.6) is 0 Å². The van der Waals surface area contributed by atoms with Crippen LogP contribution in [0.1, 0.15) is 51.1 Å². The first-order valence-electron chi connectivity index (χ1n) is 11.9. The Morgan fingerprint density at radius 3 is 2.56 bits per heavy atom. The number of nitrogens with one attached hydrogen (secondary N) is 3. The Hall–Kier alpha value is -1.16.